The molecule has 1 atom stereocenters. The summed E-state index contributed by atoms with van der Waals surface area (Å²) in [5.41, 5.74) is 4.85. The lowest BCUT2D eigenvalue weighted by molar-refractivity contribution is -0.127. The monoisotopic (exact) mass is 538 g/mol. The van der Waals surface area contributed by atoms with E-state index in [-0.39, 0.29) is 29.9 Å². The Balaban J connectivity index is 0.00000341. The van der Waals surface area contributed by atoms with Crippen LogP contribution in [0.3, 0.4) is 0 Å². The van der Waals surface area contributed by atoms with Crippen LogP contribution in [0.1, 0.15) is 28.9 Å². The number of aromatic nitrogens is 2. The number of rotatable bonds is 8. The van der Waals surface area contributed by atoms with Gasteiger partial charge in [-0.2, -0.15) is 5.10 Å². The summed E-state index contributed by atoms with van der Waals surface area (Å²) >= 11 is 0. The number of guanidine groups is 1. The van der Waals surface area contributed by atoms with Crippen molar-refractivity contribution in [2.24, 2.45) is 18.0 Å². The summed E-state index contributed by atoms with van der Waals surface area (Å²) in [7, 11) is 3.76. The molecule has 1 unspecified atom stereocenters. The van der Waals surface area contributed by atoms with Crippen LogP contribution in [0.15, 0.2) is 35.3 Å². The van der Waals surface area contributed by atoms with E-state index < -0.39 is 0 Å². The van der Waals surface area contributed by atoms with Gasteiger partial charge in [0.05, 0.1) is 5.69 Å². The van der Waals surface area contributed by atoms with E-state index in [4.69, 9.17) is 0 Å². The fourth-order valence-corrected chi connectivity index (χ4v) is 4.06. The highest BCUT2D eigenvalue weighted by atomic mass is 127. The second-order valence-corrected chi connectivity index (χ2v) is 8.05. The van der Waals surface area contributed by atoms with E-state index in [1.54, 1.807) is 7.05 Å². The number of carbonyl (C=O) groups is 1. The van der Waals surface area contributed by atoms with Gasteiger partial charge in [-0.05, 0) is 37.8 Å². The minimum Gasteiger partial charge on any atom is -0.356 e. The molecule has 2 heterocycles. The van der Waals surface area contributed by atoms with Crippen molar-refractivity contribution >= 4 is 35.8 Å². The minimum absolute atomic E-state index is 0. The molecule has 1 fully saturated rings. The van der Waals surface area contributed by atoms with E-state index in [1.807, 2.05) is 34.8 Å². The van der Waals surface area contributed by atoms with Gasteiger partial charge in [-0.3, -0.25) is 14.5 Å². The molecule has 0 saturated carbocycles. The first kappa shape index (κ1) is 25.2. The Morgan fingerprint density at radius 3 is 2.58 bits per heavy atom. The smallest absolute Gasteiger partial charge is 0.223 e. The van der Waals surface area contributed by atoms with E-state index in [2.05, 4.69) is 46.7 Å². The number of nitrogens with one attached hydrogen (secondary N) is 2. The molecule has 8 heteroatoms. The van der Waals surface area contributed by atoms with Gasteiger partial charge in [0.2, 0.25) is 5.91 Å². The summed E-state index contributed by atoms with van der Waals surface area (Å²) in [4.78, 5) is 18.7. The van der Waals surface area contributed by atoms with Crippen LogP contribution in [0.4, 0.5) is 0 Å². The number of aryl methyl sites for hydroxylation is 2. The molecule has 2 aromatic rings. The molecule has 0 bridgehead atoms. The normalized spacial score (nSPS) is 16.4. The fraction of sp³-hybridized carbons (Fsp3) is 0.522. The maximum Gasteiger partial charge on any atom is 0.223 e. The third-order valence-electron chi connectivity index (χ3n) is 5.92. The number of amides is 1. The molecule has 0 radical (unpaired) electrons. The van der Waals surface area contributed by atoms with Crippen LogP contribution in [0.5, 0.6) is 0 Å². The maximum atomic E-state index is 12.4. The van der Waals surface area contributed by atoms with Gasteiger partial charge in [0, 0.05) is 58.3 Å². The first-order valence-corrected chi connectivity index (χ1v) is 10.7. The van der Waals surface area contributed by atoms with E-state index in [9.17, 15) is 4.79 Å². The largest absolute Gasteiger partial charge is 0.356 e. The molecule has 2 N–H and O–H groups in total. The van der Waals surface area contributed by atoms with Crippen molar-refractivity contribution in [3.05, 3.63) is 52.8 Å². The van der Waals surface area contributed by atoms with Crippen LogP contribution in [0.25, 0.3) is 0 Å². The highest BCUT2D eigenvalue weighted by molar-refractivity contribution is 14.0. The summed E-state index contributed by atoms with van der Waals surface area (Å²) in [6.45, 7) is 7.29. The molecule has 0 spiro atoms. The minimum atomic E-state index is 0. The number of halogens is 1. The molecular weight excluding hydrogens is 503 g/mol. The summed E-state index contributed by atoms with van der Waals surface area (Å²) in [6, 6.07) is 10.3. The van der Waals surface area contributed by atoms with Crippen LogP contribution in [0.2, 0.25) is 0 Å². The first-order chi connectivity index (χ1) is 14.5. The van der Waals surface area contributed by atoms with Crippen molar-refractivity contribution in [1.82, 2.24) is 25.3 Å². The Morgan fingerprint density at radius 1 is 1.19 bits per heavy atom. The Morgan fingerprint density at radius 2 is 1.94 bits per heavy atom. The summed E-state index contributed by atoms with van der Waals surface area (Å²) in [5.74, 6) is 1.35. The van der Waals surface area contributed by atoms with Crippen molar-refractivity contribution in [3.63, 3.8) is 0 Å². The highest BCUT2D eigenvalue weighted by Crippen LogP contribution is 2.17. The summed E-state index contributed by atoms with van der Waals surface area (Å²) in [5, 5.41) is 11.2. The van der Waals surface area contributed by atoms with Crippen molar-refractivity contribution in [2.45, 2.75) is 33.1 Å². The molecule has 1 aliphatic rings. The molecule has 1 saturated heterocycles. The molecule has 3 rings (SSSR count). The summed E-state index contributed by atoms with van der Waals surface area (Å²) in [6.07, 6.45) is 2.41. The Kier molecular flexibility index (Phi) is 9.80. The average Bonchev–Trinajstić information content (AvgIpc) is 3.22. The standard InChI is InChI=1S/C23H34N6O.HI/c1-17-21(18(2)28(4)27-17)10-12-25-23(24-3)26-15-20-14-22(30)29(16-20)13-11-19-8-6-5-7-9-19;/h5-9,20H,10-16H2,1-4H3,(H2,24,25,26);1H. The van der Waals surface area contributed by atoms with Gasteiger partial charge in [-0.1, -0.05) is 30.3 Å². The van der Waals surface area contributed by atoms with E-state index in [0.717, 1.165) is 50.7 Å². The van der Waals surface area contributed by atoms with E-state index in [1.165, 1.54) is 16.8 Å². The molecule has 1 aromatic carbocycles. The fourth-order valence-electron chi connectivity index (χ4n) is 4.06. The third-order valence-corrected chi connectivity index (χ3v) is 5.92. The van der Waals surface area contributed by atoms with Gasteiger partial charge in [0.1, 0.15) is 0 Å². The van der Waals surface area contributed by atoms with Gasteiger partial charge >= 0.3 is 0 Å². The van der Waals surface area contributed by atoms with Crippen LogP contribution in [-0.2, 0) is 24.7 Å². The molecule has 0 aliphatic carbocycles. The van der Waals surface area contributed by atoms with Gasteiger partial charge in [-0.25, -0.2) is 0 Å². The Labute approximate surface area is 202 Å². The second kappa shape index (κ2) is 12.1. The SMILES string of the molecule is CN=C(NCCc1c(C)nn(C)c1C)NCC1CC(=O)N(CCc2ccccc2)C1.I. The Bertz CT molecular complexity index is 880. The zero-order chi connectivity index (χ0) is 21.5. The van der Waals surface area contributed by atoms with E-state index in [0.29, 0.717) is 12.3 Å². The van der Waals surface area contributed by atoms with Gasteiger partial charge in [-0.15, -0.1) is 24.0 Å². The third kappa shape index (κ3) is 6.95. The number of carbonyl (C=O) groups excluding carboxylic acids is 1. The number of benzene rings is 1. The lowest BCUT2D eigenvalue weighted by atomic mass is 10.1. The molecule has 170 valence electrons. The zero-order valence-electron chi connectivity index (χ0n) is 19.0. The van der Waals surface area contributed by atoms with Crippen LogP contribution >= 0.6 is 24.0 Å². The molecule has 1 aliphatic heterocycles. The molecule has 1 aromatic heterocycles. The predicted octanol–water partition coefficient (Wildman–Crippen LogP) is 2.45. The van der Waals surface area contributed by atoms with Gasteiger partial charge in [0.25, 0.3) is 0 Å². The average molecular weight is 538 g/mol. The molecule has 31 heavy (non-hydrogen) atoms. The number of hydrogen-bond acceptors (Lipinski definition) is 3. The number of nitrogens with zero attached hydrogens (tertiary/aromatic N) is 4. The van der Waals surface area contributed by atoms with Crippen molar-refractivity contribution in [1.29, 1.82) is 0 Å². The van der Waals surface area contributed by atoms with Gasteiger partial charge < -0.3 is 15.5 Å². The maximum absolute atomic E-state index is 12.4. The van der Waals surface area contributed by atoms with Crippen molar-refractivity contribution < 1.29 is 4.79 Å². The van der Waals surface area contributed by atoms with E-state index >= 15 is 0 Å². The number of aliphatic imine (C=N–C) groups is 1. The summed E-state index contributed by atoms with van der Waals surface area (Å²) < 4.78 is 1.93. The topological polar surface area (TPSA) is 74.5 Å². The van der Waals surface area contributed by atoms with Crippen LogP contribution in [0, 0.1) is 19.8 Å². The second-order valence-electron chi connectivity index (χ2n) is 8.05. The van der Waals surface area contributed by atoms with Crippen LogP contribution in [-0.4, -0.2) is 59.8 Å². The lowest BCUT2D eigenvalue weighted by Crippen LogP contribution is -2.41. The Hall–Kier alpha value is -2.10. The van der Waals surface area contributed by atoms with Crippen molar-refractivity contribution in [3.8, 4) is 0 Å². The predicted molar refractivity (Wildman–Crippen MR) is 136 cm³/mol. The molecular formula is C23H35IN6O. The lowest BCUT2D eigenvalue weighted by Gasteiger charge is -2.18. The quantitative estimate of drug-likeness (QED) is 0.308. The van der Waals surface area contributed by atoms with Gasteiger partial charge in [0.15, 0.2) is 5.96 Å². The van der Waals surface area contributed by atoms with Crippen LogP contribution < -0.4 is 10.6 Å². The molecule has 1 amide bonds. The molecule has 7 nitrogen and oxygen atoms in total. The number of likely N-dealkylation sites (tertiary alicyclic amines) is 1. The highest BCUT2D eigenvalue weighted by Gasteiger charge is 2.29. The first-order valence-electron chi connectivity index (χ1n) is 10.7. The number of hydrogen-bond donors (Lipinski definition) is 2. The zero-order valence-corrected chi connectivity index (χ0v) is 21.3. The van der Waals surface area contributed by atoms with Crippen molar-refractivity contribution in [2.75, 3.05) is 33.2 Å².